The summed E-state index contributed by atoms with van der Waals surface area (Å²) in [5, 5.41) is 18.6. The van der Waals surface area contributed by atoms with Gasteiger partial charge in [0, 0.05) is 23.9 Å². The Morgan fingerprint density at radius 2 is 2.28 bits per heavy atom. The first kappa shape index (κ1) is 13.3. The number of aromatic amines is 1. The van der Waals surface area contributed by atoms with E-state index < -0.39 is 29.7 Å². The molecular weight excluding hydrogens is 260 g/mol. The van der Waals surface area contributed by atoms with E-state index in [1.807, 2.05) is 0 Å². The Morgan fingerprint density at radius 1 is 1.56 bits per heavy atom. The van der Waals surface area contributed by atoms with Gasteiger partial charge >= 0.3 is 5.69 Å². The number of aromatic nitrogens is 2. The van der Waals surface area contributed by atoms with Gasteiger partial charge in [0.1, 0.15) is 12.3 Å². The summed E-state index contributed by atoms with van der Waals surface area (Å²) in [6.45, 7) is -0.324. The molecule has 8 heteroatoms. The molecule has 1 saturated heterocycles. The third kappa shape index (κ3) is 2.37. The lowest BCUT2D eigenvalue weighted by Gasteiger charge is -2.14. The molecule has 7 nitrogen and oxygen atoms in total. The molecule has 1 aliphatic rings. The molecule has 0 saturated carbocycles. The van der Waals surface area contributed by atoms with Crippen LogP contribution < -0.4 is 11.2 Å². The average Bonchev–Trinajstić information content (AvgIpc) is 2.70. The van der Waals surface area contributed by atoms with Crippen LogP contribution in [0.1, 0.15) is 18.2 Å². The number of nitrogens with one attached hydrogen (secondary N) is 1. The Bertz CT molecular complexity index is 540. The van der Waals surface area contributed by atoms with Gasteiger partial charge in [-0.25, -0.2) is 4.79 Å². The smallest absolute Gasteiger partial charge is 0.330 e. The van der Waals surface area contributed by atoms with Gasteiger partial charge in [-0.2, -0.15) is 12.6 Å². The molecule has 1 aliphatic heterocycles. The lowest BCUT2D eigenvalue weighted by atomic mass is 10.2. The number of aliphatic hydroxyl groups excluding tert-OH is 2. The molecule has 3 N–H and O–H groups in total. The summed E-state index contributed by atoms with van der Waals surface area (Å²) >= 11 is 3.99. The van der Waals surface area contributed by atoms with Crippen molar-refractivity contribution in [2.75, 3.05) is 6.61 Å². The summed E-state index contributed by atoms with van der Waals surface area (Å²) in [6.07, 6.45) is -0.694. The standard InChI is InChI=1S/C10H14N2O5S/c13-3-7-6(14)1-8(17-7)12-2-5(4-18)9(15)11-10(12)16/h2,6-8,13-14,18H,1,3-4H2,(H,11,15,16)/t6?,7-,8-/m0/s1. The maximum atomic E-state index is 11.7. The summed E-state index contributed by atoms with van der Waals surface area (Å²) in [5.41, 5.74) is -0.756. The van der Waals surface area contributed by atoms with Crippen molar-refractivity contribution in [2.45, 2.75) is 30.6 Å². The normalized spacial score (nSPS) is 27.6. The van der Waals surface area contributed by atoms with E-state index in [0.29, 0.717) is 5.56 Å². The quantitative estimate of drug-likeness (QED) is 0.508. The van der Waals surface area contributed by atoms with Crippen molar-refractivity contribution in [3.05, 3.63) is 32.6 Å². The average molecular weight is 274 g/mol. The molecule has 1 fully saturated rings. The van der Waals surface area contributed by atoms with E-state index >= 15 is 0 Å². The van der Waals surface area contributed by atoms with Crippen molar-refractivity contribution in [3.63, 3.8) is 0 Å². The van der Waals surface area contributed by atoms with Gasteiger partial charge in [-0.3, -0.25) is 14.3 Å². The van der Waals surface area contributed by atoms with E-state index in [4.69, 9.17) is 9.84 Å². The van der Waals surface area contributed by atoms with Crippen molar-refractivity contribution in [2.24, 2.45) is 0 Å². The Morgan fingerprint density at radius 3 is 2.83 bits per heavy atom. The zero-order valence-electron chi connectivity index (χ0n) is 9.44. The topological polar surface area (TPSA) is 105 Å². The van der Waals surface area contributed by atoms with Crippen LogP contribution in [-0.2, 0) is 10.5 Å². The van der Waals surface area contributed by atoms with Crippen LogP contribution >= 0.6 is 12.6 Å². The van der Waals surface area contributed by atoms with Crippen LogP contribution in [0.25, 0.3) is 0 Å². The molecule has 1 aromatic heterocycles. The number of rotatable bonds is 3. The monoisotopic (exact) mass is 274 g/mol. The van der Waals surface area contributed by atoms with E-state index in [-0.39, 0.29) is 18.8 Å². The van der Waals surface area contributed by atoms with Gasteiger partial charge in [-0.1, -0.05) is 0 Å². The van der Waals surface area contributed by atoms with E-state index in [1.165, 1.54) is 10.8 Å². The molecule has 0 bridgehead atoms. The fourth-order valence-corrected chi connectivity index (χ4v) is 2.13. The Kier molecular flexibility index (Phi) is 3.91. The number of ether oxygens (including phenoxy) is 1. The van der Waals surface area contributed by atoms with Crippen LogP contribution in [0, 0.1) is 0 Å². The van der Waals surface area contributed by atoms with Crippen LogP contribution in [0.3, 0.4) is 0 Å². The first-order valence-corrected chi connectivity index (χ1v) is 6.09. The molecule has 3 atom stereocenters. The van der Waals surface area contributed by atoms with Crippen molar-refractivity contribution < 1.29 is 14.9 Å². The van der Waals surface area contributed by atoms with Gasteiger partial charge in [0.15, 0.2) is 0 Å². The second kappa shape index (κ2) is 5.27. The van der Waals surface area contributed by atoms with E-state index in [9.17, 15) is 14.7 Å². The van der Waals surface area contributed by atoms with Crippen LogP contribution in [0.2, 0.25) is 0 Å². The lowest BCUT2D eigenvalue weighted by Crippen LogP contribution is -2.34. The number of hydrogen-bond donors (Lipinski definition) is 4. The summed E-state index contributed by atoms with van der Waals surface area (Å²) in [5.74, 6) is 0.189. The fourth-order valence-electron chi connectivity index (χ4n) is 1.90. The van der Waals surface area contributed by atoms with Gasteiger partial charge in [-0.05, 0) is 0 Å². The molecular formula is C10H14N2O5S. The van der Waals surface area contributed by atoms with Crippen molar-refractivity contribution in [1.82, 2.24) is 9.55 Å². The largest absolute Gasteiger partial charge is 0.394 e. The van der Waals surface area contributed by atoms with Gasteiger partial charge < -0.3 is 14.9 Å². The Labute approximate surface area is 107 Å². The molecule has 0 spiro atoms. The Balaban J connectivity index is 2.35. The van der Waals surface area contributed by atoms with Crippen LogP contribution in [-0.4, -0.2) is 38.6 Å². The fraction of sp³-hybridized carbons (Fsp3) is 0.600. The third-order valence-corrected chi connectivity index (χ3v) is 3.25. The van der Waals surface area contributed by atoms with Crippen molar-refractivity contribution >= 4 is 12.6 Å². The highest BCUT2D eigenvalue weighted by atomic mass is 32.1. The molecule has 2 heterocycles. The minimum Gasteiger partial charge on any atom is -0.394 e. The van der Waals surface area contributed by atoms with Crippen molar-refractivity contribution in [1.29, 1.82) is 0 Å². The van der Waals surface area contributed by atoms with Crippen molar-refractivity contribution in [3.8, 4) is 0 Å². The minimum atomic E-state index is -0.835. The highest BCUT2D eigenvalue weighted by molar-refractivity contribution is 7.79. The third-order valence-electron chi connectivity index (χ3n) is 2.91. The molecule has 0 radical (unpaired) electrons. The molecule has 0 aromatic carbocycles. The SMILES string of the molecule is O=c1[nH]c(=O)n([C@@H]2CC(O)[C@H](CO)O2)cc1CS. The predicted octanol–water partition coefficient (Wildman–Crippen LogP) is -1.39. The van der Waals surface area contributed by atoms with E-state index in [2.05, 4.69) is 17.6 Å². The number of nitrogens with zero attached hydrogens (tertiary/aromatic N) is 1. The van der Waals surface area contributed by atoms with E-state index in [0.717, 1.165) is 0 Å². The predicted molar refractivity (Wildman–Crippen MR) is 65.6 cm³/mol. The van der Waals surface area contributed by atoms with Gasteiger partial charge in [-0.15, -0.1) is 0 Å². The molecule has 1 unspecified atom stereocenters. The highest BCUT2D eigenvalue weighted by Crippen LogP contribution is 2.27. The van der Waals surface area contributed by atoms with Gasteiger partial charge in [0.25, 0.3) is 5.56 Å². The zero-order valence-corrected chi connectivity index (χ0v) is 10.3. The van der Waals surface area contributed by atoms with Gasteiger partial charge in [0.05, 0.1) is 12.7 Å². The summed E-state index contributed by atoms with van der Waals surface area (Å²) in [6, 6.07) is 0. The highest BCUT2D eigenvalue weighted by Gasteiger charge is 2.35. The molecule has 0 aliphatic carbocycles. The number of aliphatic hydroxyl groups is 2. The minimum absolute atomic E-state index is 0.184. The number of hydrogen-bond acceptors (Lipinski definition) is 6. The van der Waals surface area contributed by atoms with Crippen LogP contribution in [0.15, 0.2) is 15.8 Å². The zero-order chi connectivity index (χ0) is 13.3. The first-order chi connectivity index (χ1) is 8.56. The molecule has 0 amide bonds. The molecule has 100 valence electrons. The molecule has 2 rings (SSSR count). The number of thiol groups is 1. The second-order valence-electron chi connectivity index (χ2n) is 4.09. The first-order valence-electron chi connectivity index (χ1n) is 5.46. The molecule has 1 aromatic rings. The van der Waals surface area contributed by atoms with Crippen LogP contribution in [0.5, 0.6) is 0 Å². The summed E-state index contributed by atoms with van der Waals surface area (Å²) in [7, 11) is 0. The maximum Gasteiger partial charge on any atom is 0.330 e. The lowest BCUT2D eigenvalue weighted by molar-refractivity contribution is -0.0459. The maximum absolute atomic E-state index is 11.7. The number of H-pyrrole nitrogens is 1. The Hall–Kier alpha value is -1.09. The summed E-state index contributed by atoms with van der Waals surface area (Å²) in [4.78, 5) is 25.2. The molecule has 18 heavy (non-hydrogen) atoms. The van der Waals surface area contributed by atoms with E-state index in [1.54, 1.807) is 0 Å². The second-order valence-corrected chi connectivity index (χ2v) is 4.41. The van der Waals surface area contributed by atoms with Crippen LogP contribution in [0.4, 0.5) is 0 Å². The summed E-state index contributed by atoms with van der Waals surface area (Å²) < 4.78 is 6.55. The van der Waals surface area contributed by atoms with Gasteiger partial charge in [0.2, 0.25) is 0 Å².